The number of imidazole rings is 1. The molecule has 0 saturated carbocycles. The Morgan fingerprint density at radius 2 is 2.40 bits per heavy atom. The molecule has 0 aliphatic carbocycles. The molecule has 0 fully saturated rings. The normalized spacial score (nSPS) is 18.6. The summed E-state index contributed by atoms with van der Waals surface area (Å²) in [5.41, 5.74) is 0.104. The molecule has 104 valence electrons. The van der Waals surface area contributed by atoms with Gasteiger partial charge in [0, 0.05) is 26.4 Å². The fourth-order valence-corrected chi connectivity index (χ4v) is 2.23. The number of carboxylic acids is 1. The number of methoxy groups -OCH3 is 1. The van der Waals surface area contributed by atoms with Gasteiger partial charge in [0.25, 0.3) is 0 Å². The van der Waals surface area contributed by atoms with Crippen LogP contribution in [0.5, 0.6) is 0 Å². The van der Waals surface area contributed by atoms with Crippen molar-refractivity contribution >= 4 is 17.6 Å². The van der Waals surface area contributed by atoms with Crippen molar-refractivity contribution in [3.8, 4) is 0 Å². The monoisotopic (exact) mass is 274 g/mol. The number of rotatable bonds is 3. The van der Waals surface area contributed by atoms with Gasteiger partial charge in [-0.05, 0) is 6.07 Å². The van der Waals surface area contributed by atoms with Crippen LogP contribution in [0.3, 0.4) is 0 Å². The van der Waals surface area contributed by atoms with Gasteiger partial charge in [0.05, 0.1) is 12.3 Å². The summed E-state index contributed by atoms with van der Waals surface area (Å²) in [4.78, 5) is 21.5. The summed E-state index contributed by atoms with van der Waals surface area (Å²) in [6.45, 7) is 1.46. The van der Waals surface area contributed by atoms with Crippen LogP contribution in [-0.4, -0.2) is 51.7 Å². The van der Waals surface area contributed by atoms with Gasteiger partial charge in [-0.25, -0.2) is 9.78 Å². The smallest absolute Gasteiger partial charge is 0.354 e. The van der Waals surface area contributed by atoms with Crippen LogP contribution >= 0.6 is 0 Å². The molecule has 0 spiro atoms. The average Bonchev–Trinajstić information content (AvgIpc) is 2.90. The van der Waals surface area contributed by atoms with Gasteiger partial charge in [-0.3, -0.25) is 4.40 Å². The topological polar surface area (TPSA) is 80.0 Å². The quantitative estimate of drug-likeness (QED) is 0.835. The minimum atomic E-state index is -1.02. The third kappa shape index (κ3) is 2.12. The van der Waals surface area contributed by atoms with Crippen LogP contribution in [0.2, 0.25) is 0 Å². The third-order valence-electron chi connectivity index (χ3n) is 3.29. The first kappa shape index (κ1) is 12.6. The summed E-state index contributed by atoms with van der Waals surface area (Å²) in [5, 5.41) is 9.03. The number of hydrogen-bond acceptors (Lipinski definition) is 5. The standard InChI is InChI=1S/C13H14N4O3/c1-20-9-3-2-5-16(8-9)11-4-6-17-10(12(18)19)7-14-13(17)15-11/h2-4,6-7,9H,5,8H2,1H3,(H,18,19). The summed E-state index contributed by atoms with van der Waals surface area (Å²) < 4.78 is 6.77. The molecule has 0 amide bonds. The first-order chi connectivity index (χ1) is 9.69. The number of anilines is 1. The zero-order chi connectivity index (χ0) is 14.1. The molecule has 2 aromatic rings. The predicted molar refractivity (Wildman–Crippen MR) is 72.1 cm³/mol. The lowest BCUT2D eigenvalue weighted by molar-refractivity contribution is 0.0689. The van der Waals surface area contributed by atoms with E-state index in [1.54, 1.807) is 19.4 Å². The second-order valence-corrected chi connectivity index (χ2v) is 4.51. The molecule has 1 aliphatic heterocycles. The Hall–Kier alpha value is -2.41. The Bertz CT molecular complexity index is 679. The number of aromatic carboxylic acids is 1. The molecule has 0 bridgehead atoms. The molecular weight excluding hydrogens is 260 g/mol. The molecular formula is C13H14N4O3. The van der Waals surface area contributed by atoms with Gasteiger partial charge in [-0.2, -0.15) is 4.98 Å². The molecule has 3 rings (SSSR count). The first-order valence-electron chi connectivity index (χ1n) is 6.21. The molecule has 0 aromatic carbocycles. The Balaban J connectivity index is 1.94. The van der Waals surface area contributed by atoms with E-state index in [4.69, 9.17) is 9.84 Å². The van der Waals surface area contributed by atoms with Crippen LogP contribution in [0.25, 0.3) is 5.78 Å². The molecule has 0 saturated heterocycles. The fraction of sp³-hybridized carbons (Fsp3) is 0.308. The van der Waals surface area contributed by atoms with Crippen LogP contribution in [0.1, 0.15) is 10.5 Å². The van der Waals surface area contributed by atoms with E-state index >= 15 is 0 Å². The van der Waals surface area contributed by atoms with Crippen LogP contribution in [0, 0.1) is 0 Å². The van der Waals surface area contributed by atoms with Crippen molar-refractivity contribution in [1.82, 2.24) is 14.4 Å². The van der Waals surface area contributed by atoms with Gasteiger partial charge in [-0.1, -0.05) is 12.2 Å². The second-order valence-electron chi connectivity index (χ2n) is 4.51. The van der Waals surface area contributed by atoms with Gasteiger partial charge < -0.3 is 14.7 Å². The van der Waals surface area contributed by atoms with Crippen molar-refractivity contribution in [1.29, 1.82) is 0 Å². The Labute approximate surface area is 115 Å². The van der Waals surface area contributed by atoms with E-state index in [-0.39, 0.29) is 11.8 Å². The summed E-state index contributed by atoms with van der Waals surface area (Å²) in [6, 6.07) is 1.78. The van der Waals surface area contributed by atoms with Gasteiger partial charge in [0.1, 0.15) is 5.82 Å². The number of carbonyl (C=O) groups is 1. The lowest BCUT2D eigenvalue weighted by Gasteiger charge is -2.28. The predicted octanol–water partition coefficient (Wildman–Crippen LogP) is 0.819. The molecule has 1 aliphatic rings. The largest absolute Gasteiger partial charge is 0.477 e. The molecule has 7 heteroatoms. The second kappa shape index (κ2) is 4.93. The van der Waals surface area contributed by atoms with Gasteiger partial charge in [0.2, 0.25) is 5.78 Å². The van der Waals surface area contributed by atoms with Crippen molar-refractivity contribution in [2.45, 2.75) is 6.10 Å². The highest BCUT2D eigenvalue weighted by Crippen LogP contribution is 2.17. The molecule has 7 nitrogen and oxygen atoms in total. The SMILES string of the molecule is COC1C=CCN(c2ccn3c(C(=O)O)cnc3n2)C1. The maximum Gasteiger partial charge on any atom is 0.354 e. The lowest BCUT2D eigenvalue weighted by atomic mass is 10.2. The maximum absolute atomic E-state index is 11.0. The summed E-state index contributed by atoms with van der Waals surface area (Å²) >= 11 is 0. The van der Waals surface area contributed by atoms with E-state index in [2.05, 4.69) is 14.9 Å². The van der Waals surface area contributed by atoms with Gasteiger partial charge >= 0.3 is 5.97 Å². The van der Waals surface area contributed by atoms with E-state index < -0.39 is 5.97 Å². The first-order valence-corrected chi connectivity index (χ1v) is 6.21. The van der Waals surface area contributed by atoms with Crippen molar-refractivity contribution < 1.29 is 14.6 Å². The van der Waals surface area contributed by atoms with Gasteiger partial charge in [-0.15, -0.1) is 0 Å². The van der Waals surface area contributed by atoms with E-state index in [1.807, 2.05) is 12.2 Å². The molecule has 3 heterocycles. The number of hydrogen-bond donors (Lipinski definition) is 1. The molecule has 1 atom stereocenters. The van der Waals surface area contributed by atoms with Crippen molar-refractivity contribution in [2.24, 2.45) is 0 Å². The molecule has 20 heavy (non-hydrogen) atoms. The van der Waals surface area contributed by atoms with E-state index in [1.165, 1.54) is 10.6 Å². The summed E-state index contributed by atoms with van der Waals surface area (Å²) in [7, 11) is 1.67. The van der Waals surface area contributed by atoms with Crippen molar-refractivity contribution in [2.75, 3.05) is 25.1 Å². The number of fused-ring (bicyclic) bond motifs is 1. The van der Waals surface area contributed by atoms with Crippen molar-refractivity contribution in [3.63, 3.8) is 0 Å². The van der Waals surface area contributed by atoms with E-state index in [9.17, 15) is 4.79 Å². The number of aromatic nitrogens is 3. The number of ether oxygens (including phenoxy) is 1. The highest BCUT2D eigenvalue weighted by Gasteiger charge is 2.18. The van der Waals surface area contributed by atoms with E-state index in [0.29, 0.717) is 12.3 Å². The highest BCUT2D eigenvalue weighted by atomic mass is 16.5. The zero-order valence-corrected chi connectivity index (χ0v) is 10.9. The van der Waals surface area contributed by atoms with E-state index in [0.717, 1.165) is 12.4 Å². The Morgan fingerprint density at radius 1 is 1.55 bits per heavy atom. The summed E-state index contributed by atoms with van der Waals surface area (Å²) in [6.07, 6.45) is 7.07. The molecule has 0 radical (unpaired) electrons. The van der Waals surface area contributed by atoms with Crippen LogP contribution in [-0.2, 0) is 4.74 Å². The van der Waals surface area contributed by atoms with Crippen LogP contribution < -0.4 is 4.90 Å². The molecule has 1 N–H and O–H groups in total. The minimum Gasteiger partial charge on any atom is -0.477 e. The zero-order valence-electron chi connectivity index (χ0n) is 10.9. The molecule has 2 aromatic heterocycles. The van der Waals surface area contributed by atoms with Crippen LogP contribution in [0.15, 0.2) is 30.6 Å². The van der Waals surface area contributed by atoms with Gasteiger partial charge in [0.15, 0.2) is 5.69 Å². The third-order valence-corrected chi connectivity index (χ3v) is 3.29. The Morgan fingerprint density at radius 3 is 3.15 bits per heavy atom. The average molecular weight is 274 g/mol. The Kier molecular flexibility index (Phi) is 3.11. The fourth-order valence-electron chi connectivity index (χ4n) is 2.23. The molecule has 1 unspecified atom stereocenters. The summed E-state index contributed by atoms with van der Waals surface area (Å²) in [5.74, 6) is 0.113. The van der Waals surface area contributed by atoms with Crippen LogP contribution in [0.4, 0.5) is 5.82 Å². The maximum atomic E-state index is 11.0. The minimum absolute atomic E-state index is 0.0381. The highest BCUT2D eigenvalue weighted by molar-refractivity contribution is 5.86. The lowest BCUT2D eigenvalue weighted by Crippen LogP contribution is -2.36. The number of nitrogens with zero attached hydrogens (tertiary/aromatic N) is 4. The number of carboxylic acid groups (broad SMARTS) is 1. The van der Waals surface area contributed by atoms with Crippen molar-refractivity contribution in [3.05, 3.63) is 36.3 Å².